The van der Waals surface area contributed by atoms with Crippen molar-refractivity contribution < 1.29 is 9.90 Å². The zero-order valence-electron chi connectivity index (χ0n) is 10.5. The summed E-state index contributed by atoms with van der Waals surface area (Å²) in [5, 5.41) is 12.6. The van der Waals surface area contributed by atoms with Crippen LogP contribution in [-0.2, 0) is 0 Å². The second-order valence-corrected chi connectivity index (χ2v) is 6.89. The lowest BCUT2D eigenvalue weighted by atomic mass is 9.87. The van der Waals surface area contributed by atoms with Gasteiger partial charge < -0.3 is 10.4 Å². The first kappa shape index (κ1) is 15.0. The summed E-state index contributed by atoms with van der Waals surface area (Å²) in [5.41, 5.74) is 0.637. The monoisotopic (exact) mass is 389 g/mol. The summed E-state index contributed by atoms with van der Waals surface area (Å²) in [4.78, 5) is 12.1. The first-order valence-electron chi connectivity index (χ1n) is 6.47. The molecule has 1 saturated carbocycles. The molecule has 2 atom stereocenters. The third-order valence-electron chi connectivity index (χ3n) is 3.43. The van der Waals surface area contributed by atoms with E-state index >= 15 is 0 Å². The molecule has 0 heterocycles. The van der Waals surface area contributed by atoms with Crippen LogP contribution in [0.25, 0.3) is 0 Å². The maximum absolute atomic E-state index is 12.1. The number of carbonyl (C=O) groups excluding carboxylic acids is 1. The van der Waals surface area contributed by atoms with Gasteiger partial charge in [-0.2, -0.15) is 0 Å². The fourth-order valence-electron chi connectivity index (χ4n) is 2.47. The molecule has 3 nitrogen and oxygen atoms in total. The number of nitrogens with one attached hydrogen (secondary N) is 1. The van der Waals surface area contributed by atoms with Crippen LogP contribution < -0.4 is 5.32 Å². The second-order valence-electron chi connectivity index (χ2n) is 5.05. The summed E-state index contributed by atoms with van der Waals surface area (Å²) in [5.74, 6) is 0.324. The van der Waals surface area contributed by atoms with E-state index in [1.165, 1.54) is 0 Å². The Labute approximate surface area is 130 Å². The quantitative estimate of drug-likeness (QED) is 0.829. The van der Waals surface area contributed by atoms with E-state index in [-0.39, 0.29) is 12.0 Å². The van der Waals surface area contributed by atoms with Crippen LogP contribution >= 0.6 is 31.9 Å². The molecule has 19 heavy (non-hydrogen) atoms. The summed E-state index contributed by atoms with van der Waals surface area (Å²) in [6.07, 6.45) is 3.62. The number of hydrogen-bond acceptors (Lipinski definition) is 2. The molecule has 0 bridgehead atoms. The Balaban J connectivity index is 1.90. The molecule has 1 aliphatic carbocycles. The first-order chi connectivity index (χ1) is 9.04. The van der Waals surface area contributed by atoms with Gasteiger partial charge in [-0.15, -0.1) is 0 Å². The van der Waals surface area contributed by atoms with Gasteiger partial charge in [0.2, 0.25) is 0 Å². The second kappa shape index (κ2) is 6.86. The largest absolute Gasteiger partial charge is 0.393 e. The Morgan fingerprint density at radius 2 is 1.95 bits per heavy atom. The van der Waals surface area contributed by atoms with Gasteiger partial charge in [-0.1, -0.05) is 38.3 Å². The SMILES string of the molecule is O=C(NCC1CCCC(O)C1)c1cc(Br)cc(Br)c1. The van der Waals surface area contributed by atoms with E-state index in [2.05, 4.69) is 37.2 Å². The molecule has 2 rings (SSSR count). The smallest absolute Gasteiger partial charge is 0.251 e. The molecule has 0 spiro atoms. The van der Waals surface area contributed by atoms with Gasteiger partial charge in [0, 0.05) is 21.1 Å². The third-order valence-corrected chi connectivity index (χ3v) is 4.35. The average Bonchev–Trinajstić information content (AvgIpc) is 2.35. The zero-order valence-corrected chi connectivity index (χ0v) is 13.7. The zero-order chi connectivity index (χ0) is 13.8. The highest BCUT2D eigenvalue weighted by molar-refractivity contribution is 9.11. The predicted molar refractivity (Wildman–Crippen MR) is 82.1 cm³/mol. The maximum atomic E-state index is 12.1. The molecule has 5 heteroatoms. The molecule has 1 aliphatic rings. The van der Waals surface area contributed by atoms with Crippen molar-refractivity contribution in [2.75, 3.05) is 6.54 Å². The molecular formula is C14H17Br2NO2. The van der Waals surface area contributed by atoms with Gasteiger partial charge in [0.1, 0.15) is 0 Å². The highest BCUT2D eigenvalue weighted by Crippen LogP contribution is 2.24. The number of benzene rings is 1. The lowest BCUT2D eigenvalue weighted by molar-refractivity contribution is 0.0873. The standard InChI is InChI=1S/C14H17Br2NO2/c15-11-5-10(6-12(16)7-11)14(19)17-8-9-2-1-3-13(18)4-9/h5-7,9,13,18H,1-4,8H2,(H,17,19). The van der Waals surface area contributed by atoms with Gasteiger partial charge in [-0.25, -0.2) is 0 Å². The van der Waals surface area contributed by atoms with Crippen molar-refractivity contribution in [3.8, 4) is 0 Å². The number of carbonyl (C=O) groups is 1. The Morgan fingerprint density at radius 3 is 2.58 bits per heavy atom. The molecule has 1 fully saturated rings. The van der Waals surface area contributed by atoms with E-state index in [0.717, 1.165) is 34.6 Å². The summed E-state index contributed by atoms with van der Waals surface area (Å²) < 4.78 is 1.75. The summed E-state index contributed by atoms with van der Waals surface area (Å²) in [7, 11) is 0. The molecule has 0 aromatic heterocycles. The highest BCUT2D eigenvalue weighted by atomic mass is 79.9. The van der Waals surface area contributed by atoms with E-state index < -0.39 is 0 Å². The van der Waals surface area contributed by atoms with E-state index in [1.807, 2.05) is 6.07 Å². The van der Waals surface area contributed by atoms with E-state index in [0.29, 0.717) is 18.0 Å². The molecule has 0 aliphatic heterocycles. The molecule has 0 radical (unpaired) electrons. The first-order valence-corrected chi connectivity index (χ1v) is 8.05. The van der Waals surface area contributed by atoms with Gasteiger partial charge in [-0.05, 0) is 43.4 Å². The van der Waals surface area contributed by atoms with Crippen LogP contribution in [0.15, 0.2) is 27.1 Å². The number of aliphatic hydroxyl groups excluding tert-OH is 1. The highest BCUT2D eigenvalue weighted by Gasteiger charge is 2.20. The van der Waals surface area contributed by atoms with Crippen molar-refractivity contribution in [1.82, 2.24) is 5.32 Å². The Hall–Kier alpha value is -0.390. The molecular weight excluding hydrogens is 374 g/mol. The van der Waals surface area contributed by atoms with Crippen LogP contribution in [0.2, 0.25) is 0 Å². The van der Waals surface area contributed by atoms with Crippen LogP contribution in [0.3, 0.4) is 0 Å². The number of halogens is 2. The molecule has 104 valence electrons. The topological polar surface area (TPSA) is 49.3 Å². The normalized spacial score (nSPS) is 23.1. The molecule has 2 unspecified atom stereocenters. The molecule has 1 amide bonds. The minimum atomic E-state index is -0.198. The van der Waals surface area contributed by atoms with E-state index in [9.17, 15) is 9.90 Å². The van der Waals surface area contributed by atoms with Crippen molar-refractivity contribution in [3.63, 3.8) is 0 Å². The van der Waals surface area contributed by atoms with Crippen molar-refractivity contribution in [2.45, 2.75) is 31.8 Å². The van der Waals surface area contributed by atoms with Gasteiger partial charge in [-0.3, -0.25) is 4.79 Å². The van der Waals surface area contributed by atoms with Gasteiger partial charge in [0.05, 0.1) is 6.10 Å². The van der Waals surface area contributed by atoms with Crippen LogP contribution in [0.1, 0.15) is 36.0 Å². The average molecular weight is 391 g/mol. The van der Waals surface area contributed by atoms with Gasteiger partial charge in [0.15, 0.2) is 0 Å². The van der Waals surface area contributed by atoms with Crippen molar-refractivity contribution in [1.29, 1.82) is 0 Å². The molecule has 1 aromatic rings. The minimum Gasteiger partial charge on any atom is -0.393 e. The van der Waals surface area contributed by atoms with E-state index in [1.54, 1.807) is 12.1 Å². The summed E-state index contributed by atoms with van der Waals surface area (Å²) in [6, 6.07) is 5.50. The van der Waals surface area contributed by atoms with E-state index in [4.69, 9.17) is 0 Å². The predicted octanol–water partition coefficient (Wildman–Crippen LogP) is 3.49. The Morgan fingerprint density at radius 1 is 1.26 bits per heavy atom. The van der Waals surface area contributed by atoms with Crippen LogP contribution in [0.5, 0.6) is 0 Å². The number of aliphatic hydroxyl groups is 1. The van der Waals surface area contributed by atoms with Crippen molar-refractivity contribution in [2.24, 2.45) is 5.92 Å². The number of hydrogen-bond donors (Lipinski definition) is 2. The third kappa shape index (κ3) is 4.58. The van der Waals surface area contributed by atoms with Gasteiger partial charge in [0.25, 0.3) is 5.91 Å². The maximum Gasteiger partial charge on any atom is 0.251 e. The number of rotatable bonds is 3. The number of amides is 1. The van der Waals surface area contributed by atoms with Crippen molar-refractivity contribution in [3.05, 3.63) is 32.7 Å². The molecule has 2 N–H and O–H groups in total. The summed E-state index contributed by atoms with van der Waals surface area (Å²) in [6.45, 7) is 0.639. The lowest BCUT2D eigenvalue weighted by Crippen LogP contribution is -2.32. The van der Waals surface area contributed by atoms with Crippen molar-refractivity contribution >= 4 is 37.8 Å². The lowest BCUT2D eigenvalue weighted by Gasteiger charge is -2.25. The van der Waals surface area contributed by atoms with Crippen LogP contribution in [0.4, 0.5) is 0 Å². The molecule has 1 aromatic carbocycles. The molecule has 0 saturated heterocycles. The fourth-order valence-corrected chi connectivity index (χ4v) is 3.77. The van der Waals surface area contributed by atoms with Crippen LogP contribution in [0, 0.1) is 5.92 Å². The Bertz CT molecular complexity index is 445. The summed E-state index contributed by atoms with van der Waals surface area (Å²) >= 11 is 6.75. The van der Waals surface area contributed by atoms with Gasteiger partial charge >= 0.3 is 0 Å². The minimum absolute atomic E-state index is 0.0675. The fraction of sp³-hybridized carbons (Fsp3) is 0.500. The van der Waals surface area contributed by atoms with Crippen LogP contribution in [-0.4, -0.2) is 23.7 Å². The Kier molecular flexibility index (Phi) is 5.42.